The van der Waals surface area contributed by atoms with Crippen LogP contribution in [0.5, 0.6) is 0 Å². The Hall–Kier alpha value is -1.72. The van der Waals surface area contributed by atoms with Gasteiger partial charge in [0.2, 0.25) is 0 Å². The Morgan fingerprint density at radius 1 is 1.32 bits per heavy atom. The summed E-state index contributed by atoms with van der Waals surface area (Å²) in [6, 6.07) is 8.71. The van der Waals surface area contributed by atoms with Gasteiger partial charge in [-0.05, 0) is 42.5 Å². The largest absolute Gasteiger partial charge is 0.390 e. The van der Waals surface area contributed by atoms with Crippen LogP contribution in [-0.2, 0) is 6.54 Å². The molecular formula is C17H22FN3O. The van der Waals surface area contributed by atoms with Crippen molar-refractivity contribution in [1.29, 1.82) is 0 Å². The molecule has 2 aromatic rings. The maximum Gasteiger partial charge on any atom is 0.123 e. The molecule has 118 valence electrons. The maximum atomic E-state index is 13.1. The van der Waals surface area contributed by atoms with Gasteiger partial charge in [0.1, 0.15) is 5.82 Å². The van der Waals surface area contributed by atoms with Crippen LogP contribution in [0.1, 0.15) is 30.9 Å². The molecule has 0 spiro atoms. The van der Waals surface area contributed by atoms with Crippen molar-refractivity contribution < 1.29 is 9.50 Å². The van der Waals surface area contributed by atoms with E-state index < -0.39 is 6.10 Å². The number of aromatic nitrogens is 2. The Balaban J connectivity index is 1.59. The Morgan fingerprint density at radius 2 is 2.09 bits per heavy atom. The molecule has 0 bridgehead atoms. The molecule has 1 aromatic carbocycles. The van der Waals surface area contributed by atoms with E-state index in [4.69, 9.17) is 0 Å². The van der Waals surface area contributed by atoms with E-state index in [9.17, 15) is 9.50 Å². The van der Waals surface area contributed by atoms with Gasteiger partial charge >= 0.3 is 0 Å². The van der Waals surface area contributed by atoms with Crippen molar-refractivity contribution in [3.8, 4) is 0 Å². The minimum atomic E-state index is -0.497. The number of rotatable bonds is 7. The molecule has 1 aromatic heterocycles. The third-order valence-electron chi connectivity index (χ3n) is 4.38. The van der Waals surface area contributed by atoms with Crippen LogP contribution in [0.4, 0.5) is 4.39 Å². The van der Waals surface area contributed by atoms with Gasteiger partial charge in [-0.3, -0.25) is 4.68 Å². The lowest BCUT2D eigenvalue weighted by Crippen LogP contribution is -2.38. The highest BCUT2D eigenvalue weighted by Gasteiger charge is 2.28. The maximum absolute atomic E-state index is 13.1. The van der Waals surface area contributed by atoms with Gasteiger partial charge in [-0.25, -0.2) is 4.39 Å². The summed E-state index contributed by atoms with van der Waals surface area (Å²) in [5.41, 5.74) is 1.09. The van der Waals surface area contributed by atoms with Crippen molar-refractivity contribution in [2.75, 3.05) is 6.54 Å². The summed E-state index contributed by atoms with van der Waals surface area (Å²) in [7, 11) is 0. The predicted octanol–water partition coefficient (Wildman–Crippen LogP) is 2.51. The number of aliphatic hydroxyl groups excluding tert-OH is 1. The molecule has 0 saturated heterocycles. The average molecular weight is 303 g/mol. The number of benzene rings is 1. The first kappa shape index (κ1) is 15.2. The van der Waals surface area contributed by atoms with Gasteiger partial charge in [0, 0.05) is 25.0 Å². The summed E-state index contributed by atoms with van der Waals surface area (Å²) in [6.07, 6.45) is 6.67. The first-order chi connectivity index (χ1) is 10.7. The van der Waals surface area contributed by atoms with Gasteiger partial charge in [-0.15, -0.1) is 0 Å². The van der Waals surface area contributed by atoms with Crippen molar-refractivity contribution in [2.24, 2.45) is 5.92 Å². The Labute approximate surface area is 130 Å². The summed E-state index contributed by atoms with van der Waals surface area (Å²) in [5, 5.41) is 17.7. The molecule has 5 heteroatoms. The molecule has 2 atom stereocenters. The highest BCUT2D eigenvalue weighted by Crippen LogP contribution is 2.37. The number of nitrogens with zero attached hydrogens (tertiary/aromatic N) is 2. The minimum absolute atomic E-state index is 0.182. The normalized spacial score (nSPS) is 17.9. The highest BCUT2D eigenvalue weighted by atomic mass is 19.1. The van der Waals surface area contributed by atoms with Gasteiger partial charge in [0.15, 0.2) is 0 Å². The van der Waals surface area contributed by atoms with Gasteiger partial charge in [0.25, 0.3) is 0 Å². The smallest absolute Gasteiger partial charge is 0.123 e. The zero-order valence-corrected chi connectivity index (χ0v) is 12.5. The first-order valence-electron chi connectivity index (χ1n) is 7.87. The van der Waals surface area contributed by atoms with E-state index in [1.54, 1.807) is 10.9 Å². The molecule has 1 heterocycles. The SMILES string of the molecule is O[C@H](CN[C@H](c1ccc(F)cc1)C1CCC1)Cn1cccn1. The molecule has 1 saturated carbocycles. The second-order valence-electron chi connectivity index (χ2n) is 6.01. The van der Waals surface area contributed by atoms with Crippen LogP contribution in [0.3, 0.4) is 0 Å². The van der Waals surface area contributed by atoms with Crippen molar-refractivity contribution in [1.82, 2.24) is 15.1 Å². The van der Waals surface area contributed by atoms with Crippen molar-refractivity contribution in [3.63, 3.8) is 0 Å². The van der Waals surface area contributed by atoms with E-state index in [1.165, 1.54) is 31.4 Å². The van der Waals surface area contributed by atoms with Crippen molar-refractivity contribution >= 4 is 0 Å². The van der Waals surface area contributed by atoms with Crippen molar-refractivity contribution in [2.45, 2.75) is 38.0 Å². The monoisotopic (exact) mass is 303 g/mol. The van der Waals surface area contributed by atoms with Crippen LogP contribution < -0.4 is 5.32 Å². The molecule has 2 N–H and O–H groups in total. The summed E-state index contributed by atoms with van der Waals surface area (Å²) < 4.78 is 14.8. The van der Waals surface area contributed by atoms with E-state index in [0.29, 0.717) is 19.0 Å². The molecule has 3 rings (SSSR count). The van der Waals surface area contributed by atoms with Crippen LogP contribution in [0.25, 0.3) is 0 Å². The number of nitrogens with one attached hydrogen (secondary N) is 1. The fraction of sp³-hybridized carbons (Fsp3) is 0.471. The Morgan fingerprint density at radius 3 is 2.68 bits per heavy atom. The van der Waals surface area contributed by atoms with Gasteiger partial charge < -0.3 is 10.4 Å². The lowest BCUT2D eigenvalue weighted by atomic mass is 9.77. The van der Waals surface area contributed by atoms with E-state index in [0.717, 1.165) is 5.56 Å². The summed E-state index contributed by atoms with van der Waals surface area (Å²) in [5.74, 6) is 0.359. The van der Waals surface area contributed by atoms with Crippen LogP contribution in [0, 0.1) is 11.7 Å². The quantitative estimate of drug-likeness (QED) is 0.826. The molecule has 0 unspecified atom stereocenters. The molecule has 0 radical (unpaired) electrons. The number of hydrogen-bond acceptors (Lipinski definition) is 3. The molecule has 1 aliphatic carbocycles. The van der Waals surface area contributed by atoms with E-state index in [1.807, 2.05) is 24.4 Å². The zero-order valence-electron chi connectivity index (χ0n) is 12.5. The van der Waals surface area contributed by atoms with Gasteiger partial charge in [-0.2, -0.15) is 5.10 Å². The topological polar surface area (TPSA) is 50.1 Å². The Bertz CT molecular complexity index is 566. The second-order valence-corrected chi connectivity index (χ2v) is 6.01. The number of aliphatic hydroxyl groups is 1. The lowest BCUT2D eigenvalue weighted by molar-refractivity contribution is 0.130. The molecule has 0 aliphatic heterocycles. The summed E-state index contributed by atoms with van der Waals surface area (Å²) in [6.45, 7) is 0.971. The van der Waals surface area contributed by atoms with Crippen LogP contribution in [0.2, 0.25) is 0 Å². The molecule has 22 heavy (non-hydrogen) atoms. The molecule has 1 aliphatic rings. The van der Waals surface area contributed by atoms with Crippen LogP contribution in [0.15, 0.2) is 42.7 Å². The highest BCUT2D eigenvalue weighted by molar-refractivity contribution is 5.21. The van der Waals surface area contributed by atoms with Crippen LogP contribution >= 0.6 is 0 Å². The third-order valence-corrected chi connectivity index (χ3v) is 4.38. The Kier molecular flexibility index (Phi) is 4.85. The van der Waals surface area contributed by atoms with Gasteiger partial charge in [0.05, 0.1) is 12.6 Å². The third kappa shape index (κ3) is 3.72. The predicted molar refractivity (Wildman–Crippen MR) is 82.7 cm³/mol. The standard InChI is InChI=1S/C17H22FN3O/c18-15-7-5-14(6-8-15)17(13-3-1-4-13)19-11-16(22)12-21-10-2-9-20-21/h2,5-10,13,16-17,19,22H,1,3-4,11-12H2/t16-,17+/m1/s1. The lowest BCUT2D eigenvalue weighted by Gasteiger charge is -2.35. The number of halogens is 1. The van der Waals surface area contributed by atoms with Crippen molar-refractivity contribution in [3.05, 3.63) is 54.1 Å². The average Bonchev–Trinajstić information content (AvgIpc) is 2.95. The summed E-state index contributed by atoms with van der Waals surface area (Å²) >= 11 is 0. The minimum Gasteiger partial charge on any atom is -0.390 e. The van der Waals surface area contributed by atoms with Crippen LogP contribution in [-0.4, -0.2) is 27.5 Å². The molecule has 0 amide bonds. The number of hydrogen-bond donors (Lipinski definition) is 2. The fourth-order valence-corrected chi connectivity index (χ4v) is 2.95. The van der Waals surface area contributed by atoms with Gasteiger partial charge in [-0.1, -0.05) is 18.6 Å². The first-order valence-corrected chi connectivity index (χ1v) is 7.87. The van der Waals surface area contributed by atoms with E-state index in [2.05, 4.69) is 10.4 Å². The molecule has 4 nitrogen and oxygen atoms in total. The zero-order chi connectivity index (χ0) is 15.4. The summed E-state index contributed by atoms with van der Waals surface area (Å²) in [4.78, 5) is 0. The van der Waals surface area contributed by atoms with E-state index in [-0.39, 0.29) is 11.9 Å². The van der Waals surface area contributed by atoms with E-state index >= 15 is 0 Å². The molecular weight excluding hydrogens is 281 g/mol. The second kappa shape index (κ2) is 7.03. The molecule has 1 fully saturated rings. The fourth-order valence-electron chi connectivity index (χ4n) is 2.95.